The Labute approximate surface area is 163 Å². The molecule has 4 saturated carbocycles. The maximum Gasteiger partial charge on any atom is 0.224 e. The van der Waals surface area contributed by atoms with Crippen LogP contribution in [0.1, 0.15) is 64.7 Å². The first kappa shape index (κ1) is 17.6. The quantitative estimate of drug-likeness (QED) is 0.766. The van der Waals surface area contributed by atoms with E-state index in [1.165, 1.54) is 57.1 Å². The number of carbonyl (C=O) groups is 1. The van der Waals surface area contributed by atoms with Crippen LogP contribution in [0.5, 0.6) is 0 Å². The zero-order chi connectivity index (χ0) is 18.4. The van der Waals surface area contributed by atoms with Crippen molar-refractivity contribution < 1.29 is 4.79 Å². The molecular weight excluding hydrogens is 332 g/mol. The van der Waals surface area contributed by atoms with Crippen LogP contribution in [0.4, 0.5) is 11.4 Å². The number of para-hydroxylation sites is 2. The van der Waals surface area contributed by atoms with Crippen LogP contribution in [0.2, 0.25) is 0 Å². The molecule has 146 valence electrons. The van der Waals surface area contributed by atoms with Crippen molar-refractivity contribution in [3.05, 3.63) is 24.3 Å². The molecule has 5 aliphatic rings. The maximum absolute atomic E-state index is 13.1. The van der Waals surface area contributed by atoms with Crippen LogP contribution >= 0.6 is 0 Å². The van der Waals surface area contributed by atoms with Crippen molar-refractivity contribution in [2.45, 2.75) is 64.7 Å². The first-order valence-corrected chi connectivity index (χ1v) is 11.2. The van der Waals surface area contributed by atoms with Gasteiger partial charge in [0.2, 0.25) is 5.91 Å². The van der Waals surface area contributed by atoms with Gasteiger partial charge in [-0.2, -0.15) is 0 Å². The third kappa shape index (κ3) is 3.50. The third-order valence-electron chi connectivity index (χ3n) is 8.00. The minimum atomic E-state index is 0.245. The van der Waals surface area contributed by atoms with Gasteiger partial charge < -0.3 is 10.2 Å². The number of piperidine rings is 1. The van der Waals surface area contributed by atoms with Gasteiger partial charge in [0.25, 0.3) is 0 Å². The summed E-state index contributed by atoms with van der Waals surface area (Å²) in [7, 11) is 0. The summed E-state index contributed by atoms with van der Waals surface area (Å²) in [5.74, 6) is 3.79. The van der Waals surface area contributed by atoms with Gasteiger partial charge in [-0.15, -0.1) is 0 Å². The van der Waals surface area contributed by atoms with E-state index < -0.39 is 0 Å². The van der Waals surface area contributed by atoms with E-state index in [1.807, 2.05) is 0 Å². The van der Waals surface area contributed by atoms with E-state index in [1.54, 1.807) is 0 Å². The fourth-order valence-corrected chi connectivity index (χ4v) is 7.15. The number of hydrogen-bond acceptors (Lipinski definition) is 2. The van der Waals surface area contributed by atoms with E-state index in [4.69, 9.17) is 0 Å². The summed E-state index contributed by atoms with van der Waals surface area (Å²) in [4.78, 5) is 15.5. The summed E-state index contributed by atoms with van der Waals surface area (Å²) in [5.41, 5.74) is 2.54. The topological polar surface area (TPSA) is 32.3 Å². The lowest BCUT2D eigenvalue weighted by Gasteiger charge is -2.56. The largest absolute Gasteiger partial charge is 0.370 e. The van der Waals surface area contributed by atoms with Crippen LogP contribution in [0.15, 0.2) is 24.3 Å². The number of nitrogens with zero attached hydrogens (tertiary/aromatic N) is 1. The van der Waals surface area contributed by atoms with E-state index in [-0.39, 0.29) is 5.91 Å². The Balaban J connectivity index is 1.28. The summed E-state index contributed by atoms with van der Waals surface area (Å²) in [6.07, 6.45) is 11.5. The lowest BCUT2D eigenvalue weighted by atomic mass is 9.49. The Bertz CT molecular complexity index is 669. The Kier molecular flexibility index (Phi) is 4.44. The first-order chi connectivity index (χ1) is 13.1. The molecule has 0 atom stereocenters. The summed E-state index contributed by atoms with van der Waals surface area (Å²) < 4.78 is 0. The van der Waals surface area contributed by atoms with E-state index in [0.29, 0.717) is 5.41 Å². The fourth-order valence-electron chi connectivity index (χ4n) is 7.15. The number of nitrogens with one attached hydrogen (secondary N) is 1. The van der Waals surface area contributed by atoms with Crippen molar-refractivity contribution in [3.63, 3.8) is 0 Å². The van der Waals surface area contributed by atoms with Gasteiger partial charge in [-0.05, 0) is 92.6 Å². The SMILES string of the molecule is CC1CCN(c2ccccc2NC(=O)CC23CC4CC(CC(C4)C2)C3)CC1. The van der Waals surface area contributed by atoms with E-state index in [2.05, 4.69) is 41.4 Å². The van der Waals surface area contributed by atoms with Gasteiger partial charge >= 0.3 is 0 Å². The van der Waals surface area contributed by atoms with Crippen LogP contribution in [-0.4, -0.2) is 19.0 Å². The van der Waals surface area contributed by atoms with Crippen LogP contribution in [0, 0.1) is 29.1 Å². The van der Waals surface area contributed by atoms with Gasteiger partial charge in [-0.25, -0.2) is 0 Å². The van der Waals surface area contributed by atoms with Crippen LogP contribution < -0.4 is 10.2 Å². The molecule has 3 heteroatoms. The normalized spacial score (nSPS) is 35.4. The van der Waals surface area contributed by atoms with Gasteiger partial charge in [0.1, 0.15) is 0 Å². The molecule has 1 heterocycles. The second-order valence-electron chi connectivity index (χ2n) is 10.3. The minimum Gasteiger partial charge on any atom is -0.370 e. The number of anilines is 2. The Morgan fingerprint density at radius 1 is 1.04 bits per heavy atom. The molecule has 1 aromatic rings. The maximum atomic E-state index is 13.1. The smallest absolute Gasteiger partial charge is 0.224 e. The lowest BCUT2D eigenvalue weighted by Crippen LogP contribution is -2.47. The molecule has 4 aliphatic carbocycles. The van der Waals surface area contributed by atoms with Crippen LogP contribution in [0.25, 0.3) is 0 Å². The molecule has 0 unspecified atom stereocenters. The molecule has 0 radical (unpaired) electrons. The molecular formula is C24H34N2O. The van der Waals surface area contributed by atoms with Crippen molar-refractivity contribution in [2.75, 3.05) is 23.3 Å². The zero-order valence-corrected chi connectivity index (χ0v) is 16.8. The Hall–Kier alpha value is -1.51. The Morgan fingerprint density at radius 3 is 2.26 bits per heavy atom. The molecule has 4 bridgehead atoms. The highest BCUT2D eigenvalue weighted by molar-refractivity contribution is 5.94. The van der Waals surface area contributed by atoms with Gasteiger partial charge in [0.15, 0.2) is 0 Å². The highest BCUT2D eigenvalue weighted by atomic mass is 16.1. The molecule has 1 aromatic carbocycles. The van der Waals surface area contributed by atoms with Crippen molar-refractivity contribution in [3.8, 4) is 0 Å². The number of carbonyl (C=O) groups excluding carboxylic acids is 1. The zero-order valence-electron chi connectivity index (χ0n) is 16.8. The highest BCUT2D eigenvalue weighted by Gasteiger charge is 2.51. The summed E-state index contributed by atoms with van der Waals surface area (Å²) in [6.45, 7) is 4.54. The monoisotopic (exact) mass is 366 g/mol. The Morgan fingerprint density at radius 2 is 1.63 bits per heavy atom. The van der Waals surface area contributed by atoms with Gasteiger partial charge in [0, 0.05) is 19.5 Å². The van der Waals surface area contributed by atoms with Crippen molar-refractivity contribution in [1.82, 2.24) is 0 Å². The first-order valence-electron chi connectivity index (χ1n) is 11.2. The van der Waals surface area contributed by atoms with Gasteiger partial charge in [-0.1, -0.05) is 19.1 Å². The molecule has 3 nitrogen and oxygen atoms in total. The molecule has 0 spiro atoms. The standard InChI is InChI=1S/C24H34N2O/c1-17-6-8-26(9-7-17)22-5-3-2-4-21(22)25-23(27)16-24-13-18-10-19(14-24)12-20(11-18)15-24/h2-5,17-20H,6-16H2,1H3,(H,25,27). The van der Waals surface area contributed by atoms with Crippen molar-refractivity contribution in [1.29, 1.82) is 0 Å². The average Bonchev–Trinajstić information content (AvgIpc) is 2.61. The molecule has 1 saturated heterocycles. The summed E-state index contributed by atoms with van der Waals surface area (Å²) >= 11 is 0. The second-order valence-corrected chi connectivity index (χ2v) is 10.3. The molecule has 1 N–H and O–H groups in total. The molecule has 27 heavy (non-hydrogen) atoms. The van der Waals surface area contributed by atoms with Gasteiger partial charge in [-0.3, -0.25) is 4.79 Å². The predicted molar refractivity (Wildman–Crippen MR) is 111 cm³/mol. The molecule has 0 aromatic heterocycles. The lowest BCUT2D eigenvalue weighted by molar-refractivity contribution is -0.124. The second kappa shape index (κ2) is 6.83. The number of benzene rings is 1. The van der Waals surface area contributed by atoms with Crippen LogP contribution in [-0.2, 0) is 4.79 Å². The van der Waals surface area contributed by atoms with Crippen molar-refractivity contribution >= 4 is 17.3 Å². The average molecular weight is 367 g/mol. The fraction of sp³-hybridized carbons (Fsp3) is 0.708. The summed E-state index contributed by atoms with van der Waals surface area (Å²) in [6, 6.07) is 8.42. The summed E-state index contributed by atoms with van der Waals surface area (Å²) in [5, 5.41) is 3.31. The van der Waals surface area contributed by atoms with Crippen molar-refractivity contribution in [2.24, 2.45) is 29.1 Å². The van der Waals surface area contributed by atoms with Crippen LogP contribution in [0.3, 0.4) is 0 Å². The third-order valence-corrected chi connectivity index (χ3v) is 8.00. The number of rotatable bonds is 4. The van der Waals surface area contributed by atoms with Gasteiger partial charge in [0.05, 0.1) is 11.4 Å². The molecule has 1 amide bonds. The molecule has 1 aliphatic heterocycles. The van der Waals surface area contributed by atoms with E-state index in [9.17, 15) is 4.79 Å². The molecule has 6 rings (SSSR count). The number of amides is 1. The van der Waals surface area contributed by atoms with E-state index in [0.717, 1.165) is 48.9 Å². The minimum absolute atomic E-state index is 0.245. The molecule has 5 fully saturated rings. The van der Waals surface area contributed by atoms with E-state index >= 15 is 0 Å². The predicted octanol–water partition coefficient (Wildman–Crippen LogP) is 5.47. The highest BCUT2D eigenvalue weighted by Crippen LogP contribution is 2.61. The number of hydrogen-bond donors (Lipinski definition) is 1.